The van der Waals surface area contributed by atoms with Crippen LogP contribution in [0.4, 0.5) is 4.39 Å². The number of hydrogen-bond acceptors (Lipinski definition) is 1. The molecule has 0 spiro atoms. The van der Waals surface area contributed by atoms with Crippen LogP contribution < -0.4 is 0 Å². The molecule has 1 nitrogen and oxygen atoms in total. The molecule has 0 bridgehead atoms. The third-order valence-electron chi connectivity index (χ3n) is 2.57. The van der Waals surface area contributed by atoms with Crippen molar-refractivity contribution in [3.63, 3.8) is 0 Å². The van der Waals surface area contributed by atoms with Gasteiger partial charge in [0.2, 0.25) is 0 Å². The number of furan rings is 1. The number of halogens is 4. The molecule has 0 aliphatic carbocycles. The average Bonchev–Trinajstić information content (AvgIpc) is 2.66. The van der Waals surface area contributed by atoms with Crippen LogP contribution in [0.3, 0.4) is 0 Å². The van der Waals surface area contributed by atoms with Crippen LogP contribution >= 0.6 is 34.8 Å². The van der Waals surface area contributed by atoms with Crippen molar-refractivity contribution in [3.8, 4) is 0 Å². The Morgan fingerprint density at radius 3 is 2.59 bits per heavy atom. The molecule has 0 radical (unpaired) electrons. The molecule has 0 fully saturated rings. The third-order valence-corrected chi connectivity index (χ3v) is 3.84. The number of hydrogen-bond donors (Lipinski definition) is 0. The summed E-state index contributed by atoms with van der Waals surface area (Å²) in [4.78, 5) is 0. The topological polar surface area (TPSA) is 13.1 Å². The average molecular weight is 290 g/mol. The summed E-state index contributed by atoms with van der Waals surface area (Å²) in [5.74, 6) is -0.443. The van der Waals surface area contributed by atoms with E-state index in [0.717, 1.165) is 0 Å². The lowest BCUT2D eigenvalue weighted by Gasteiger charge is -1.99. The second kappa shape index (κ2) is 3.77. The zero-order valence-electron chi connectivity index (χ0n) is 8.23. The fourth-order valence-electron chi connectivity index (χ4n) is 1.82. The molecule has 0 amide bonds. The monoisotopic (exact) mass is 288 g/mol. The van der Waals surface area contributed by atoms with Crippen molar-refractivity contribution in [2.45, 2.75) is 0 Å². The summed E-state index contributed by atoms with van der Waals surface area (Å²) in [6, 6.07) is 6.16. The van der Waals surface area contributed by atoms with Gasteiger partial charge in [0.15, 0.2) is 11.4 Å². The number of rotatable bonds is 0. The zero-order valence-corrected chi connectivity index (χ0v) is 10.5. The fourth-order valence-corrected chi connectivity index (χ4v) is 2.51. The quantitative estimate of drug-likeness (QED) is 0.485. The highest BCUT2D eigenvalue weighted by Crippen LogP contribution is 2.42. The molecule has 0 aliphatic heterocycles. The number of benzene rings is 2. The molecule has 86 valence electrons. The lowest BCUT2D eigenvalue weighted by Crippen LogP contribution is -1.75. The maximum atomic E-state index is 13.6. The molecule has 3 rings (SSSR count). The van der Waals surface area contributed by atoms with Gasteiger partial charge in [-0.15, -0.1) is 0 Å². The minimum Gasteiger partial charge on any atom is -0.453 e. The predicted molar refractivity (Wildman–Crippen MR) is 68.7 cm³/mol. The first kappa shape index (κ1) is 11.1. The third kappa shape index (κ3) is 1.52. The van der Waals surface area contributed by atoms with Gasteiger partial charge in [0.1, 0.15) is 5.58 Å². The van der Waals surface area contributed by atoms with Crippen molar-refractivity contribution < 1.29 is 8.81 Å². The van der Waals surface area contributed by atoms with Crippen molar-refractivity contribution in [1.29, 1.82) is 0 Å². The maximum absolute atomic E-state index is 13.6. The Morgan fingerprint density at radius 2 is 1.82 bits per heavy atom. The smallest absolute Gasteiger partial charge is 0.171 e. The summed E-state index contributed by atoms with van der Waals surface area (Å²) in [6.07, 6.45) is 0. The Hall–Kier alpha value is -0.960. The van der Waals surface area contributed by atoms with Crippen LogP contribution in [0.25, 0.3) is 21.9 Å². The Kier molecular flexibility index (Phi) is 2.47. The molecule has 0 atom stereocenters. The molecular weight excluding hydrogens is 285 g/mol. The molecule has 0 aliphatic rings. The lowest BCUT2D eigenvalue weighted by molar-refractivity contribution is 0.584. The minimum atomic E-state index is -0.443. The highest BCUT2D eigenvalue weighted by atomic mass is 35.5. The molecule has 2 aromatic carbocycles. The van der Waals surface area contributed by atoms with E-state index in [9.17, 15) is 4.39 Å². The Morgan fingerprint density at radius 1 is 1.06 bits per heavy atom. The van der Waals surface area contributed by atoms with E-state index in [0.29, 0.717) is 16.4 Å². The first-order chi connectivity index (χ1) is 8.09. The molecule has 17 heavy (non-hydrogen) atoms. The van der Waals surface area contributed by atoms with Crippen LogP contribution in [0.15, 0.2) is 28.7 Å². The fraction of sp³-hybridized carbons (Fsp3) is 0. The van der Waals surface area contributed by atoms with E-state index in [1.165, 1.54) is 12.1 Å². The van der Waals surface area contributed by atoms with Crippen molar-refractivity contribution >= 4 is 56.7 Å². The molecule has 0 unspecified atom stereocenters. The summed E-state index contributed by atoms with van der Waals surface area (Å²) in [7, 11) is 0. The Balaban J connectivity index is 2.62. The maximum Gasteiger partial charge on any atom is 0.171 e. The number of fused-ring (bicyclic) bond motifs is 3. The lowest BCUT2D eigenvalue weighted by atomic mass is 10.1. The van der Waals surface area contributed by atoms with E-state index in [1.807, 2.05) is 0 Å². The summed E-state index contributed by atoms with van der Waals surface area (Å²) >= 11 is 17.9. The SMILES string of the molecule is Fc1cccc2c1oc1cc(Cl)c(Cl)c(Cl)c12. The van der Waals surface area contributed by atoms with Crippen LogP contribution in [0.1, 0.15) is 0 Å². The predicted octanol–water partition coefficient (Wildman–Crippen LogP) is 5.69. The summed E-state index contributed by atoms with van der Waals surface area (Å²) in [5.41, 5.74) is 0.576. The second-order valence-electron chi connectivity index (χ2n) is 3.58. The first-order valence-corrected chi connectivity index (χ1v) is 5.87. The van der Waals surface area contributed by atoms with Gasteiger partial charge in [-0.05, 0) is 6.07 Å². The standard InChI is InChI=1S/C12H4Cl3FO/c13-6-4-8-9(11(15)10(6)14)5-2-1-3-7(16)12(5)17-8/h1-4H. The van der Waals surface area contributed by atoms with Crippen molar-refractivity contribution in [1.82, 2.24) is 0 Å². The molecule has 0 saturated heterocycles. The van der Waals surface area contributed by atoms with Crippen LogP contribution in [0.5, 0.6) is 0 Å². The van der Waals surface area contributed by atoms with Crippen molar-refractivity contribution in [2.24, 2.45) is 0 Å². The van der Waals surface area contributed by atoms with Crippen LogP contribution in [0.2, 0.25) is 15.1 Å². The largest absolute Gasteiger partial charge is 0.453 e. The molecule has 1 aromatic heterocycles. The van der Waals surface area contributed by atoms with Gasteiger partial charge in [0.05, 0.1) is 15.1 Å². The van der Waals surface area contributed by atoms with Gasteiger partial charge in [0.25, 0.3) is 0 Å². The zero-order chi connectivity index (χ0) is 12.2. The summed E-state index contributed by atoms with van der Waals surface area (Å²) in [6.45, 7) is 0. The van der Waals surface area contributed by atoms with E-state index in [2.05, 4.69) is 0 Å². The van der Waals surface area contributed by atoms with Gasteiger partial charge >= 0.3 is 0 Å². The molecule has 5 heteroatoms. The van der Waals surface area contributed by atoms with E-state index in [1.54, 1.807) is 12.1 Å². The van der Waals surface area contributed by atoms with Gasteiger partial charge < -0.3 is 4.42 Å². The molecular formula is C12H4Cl3FO. The first-order valence-electron chi connectivity index (χ1n) is 4.74. The van der Waals surface area contributed by atoms with E-state index < -0.39 is 5.82 Å². The van der Waals surface area contributed by atoms with Crippen LogP contribution in [-0.2, 0) is 0 Å². The number of para-hydroxylation sites is 1. The van der Waals surface area contributed by atoms with E-state index in [4.69, 9.17) is 39.2 Å². The van der Waals surface area contributed by atoms with Gasteiger partial charge in [-0.2, -0.15) is 0 Å². The highest BCUT2D eigenvalue weighted by molar-refractivity contribution is 6.51. The van der Waals surface area contributed by atoms with Gasteiger partial charge in [-0.1, -0.05) is 46.9 Å². The normalized spacial score (nSPS) is 11.5. The van der Waals surface area contributed by atoms with Crippen molar-refractivity contribution in [2.75, 3.05) is 0 Å². The summed E-state index contributed by atoms with van der Waals surface area (Å²) in [5, 5.41) is 1.97. The van der Waals surface area contributed by atoms with E-state index >= 15 is 0 Å². The van der Waals surface area contributed by atoms with Crippen LogP contribution in [-0.4, -0.2) is 0 Å². The Labute approximate surface area is 111 Å². The molecule has 0 saturated carbocycles. The second-order valence-corrected chi connectivity index (χ2v) is 4.74. The van der Waals surface area contributed by atoms with Gasteiger partial charge in [-0.25, -0.2) is 4.39 Å². The Bertz CT molecular complexity index is 748. The molecule has 0 N–H and O–H groups in total. The molecule has 3 aromatic rings. The van der Waals surface area contributed by atoms with E-state index in [-0.39, 0.29) is 20.7 Å². The highest BCUT2D eigenvalue weighted by Gasteiger charge is 2.17. The van der Waals surface area contributed by atoms with Gasteiger partial charge in [0, 0.05) is 16.8 Å². The van der Waals surface area contributed by atoms with Crippen LogP contribution in [0, 0.1) is 5.82 Å². The summed E-state index contributed by atoms with van der Waals surface area (Å²) < 4.78 is 19.0. The van der Waals surface area contributed by atoms with Gasteiger partial charge in [-0.3, -0.25) is 0 Å². The van der Waals surface area contributed by atoms with Crippen molar-refractivity contribution in [3.05, 3.63) is 45.2 Å². The molecule has 1 heterocycles. The minimum absolute atomic E-state index is 0.155.